The fourth-order valence-corrected chi connectivity index (χ4v) is 2.86. The standard InChI is InChI=1S/C15H18N2O5S/c1-21-12-4-6-14(7-5-12)23(19,20)17-9-8-15(18)16-11-13-3-2-10-22-13/h2-7,10,17H,8-9,11H2,1H3,(H,16,18). The van der Waals surface area contributed by atoms with Gasteiger partial charge in [0.2, 0.25) is 15.9 Å². The highest BCUT2D eigenvalue weighted by Crippen LogP contribution is 2.15. The van der Waals surface area contributed by atoms with E-state index in [4.69, 9.17) is 9.15 Å². The molecule has 0 aliphatic carbocycles. The normalized spacial score (nSPS) is 11.2. The number of sulfonamides is 1. The number of ether oxygens (including phenoxy) is 1. The third-order valence-corrected chi connectivity index (χ3v) is 4.53. The Balaban J connectivity index is 1.78. The molecule has 0 saturated heterocycles. The predicted octanol–water partition coefficient (Wildman–Crippen LogP) is 1.27. The summed E-state index contributed by atoms with van der Waals surface area (Å²) in [5.41, 5.74) is 0. The number of furan rings is 1. The highest BCUT2D eigenvalue weighted by Gasteiger charge is 2.14. The number of hydrogen-bond acceptors (Lipinski definition) is 5. The number of methoxy groups -OCH3 is 1. The molecule has 8 heteroatoms. The molecule has 2 aromatic rings. The van der Waals surface area contributed by atoms with Crippen LogP contribution in [0, 0.1) is 0 Å². The highest BCUT2D eigenvalue weighted by molar-refractivity contribution is 7.89. The van der Waals surface area contributed by atoms with E-state index >= 15 is 0 Å². The smallest absolute Gasteiger partial charge is 0.240 e. The molecule has 0 bridgehead atoms. The Morgan fingerprint density at radius 3 is 2.57 bits per heavy atom. The minimum atomic E-state index is -3.64. The molecule has 0 aliphatic heterocycles. The zero-order chi connectivity index (χ0) is 16.7. The first-order valence-corrected chi connectivity index (χ1v) is 8.42. The molecular formula is C15H18N2O5S. The lowest BCUT2D eigenvalue weighted by Crippen LogP contribution is -2.30. The molecule has 7 nitrogen and oxygen atoms in total. The molecule has 0 atom stereocenters. The van der Waals surface area contributed by atoms with Gasteiger partial charge in [0.1, 0.15) is 11.5 Å². The van der Waals surface area contributed by atoms with Crippen molar-refractivity contribution in [3.63, 3.8) is 0 Å². The van der Waals surface area contributed by atoms with Crippen LogP contribution in [0.3, 0.4) is 0 Å². The molecule has 0 aliphatic rings. The Morgan fingerprint density at radius 1 is 1.22 bits per heavy atom. The Morgan fingerprint density at radius 2 is 1.96 bits per heavy atom. The minimum absolute atomic E-state index is 0.0123. The van der Waals surface area contributed by atoms with E-state index in [0.717, 1.165) is 0 Å². The average Bonchev–Trinajstić information content (AvgIpc) is 3.06. The summed E-state index contributed by atoms with van der Waals surface area (Å²) >= 11 is 0. The highest BCUT2D eigenvalue weighted by atomic mass is 32.2. The predicted molar refractivity (Wildman–Crippen MR) is 83.4 cm³/mol. The first-order chi connectivity index (χ1) is 11.0. The fraction of sp³-hybridized carbons (Fsp3) is 0.267. The van der Waals surface area contributed by atoms with Gasteiger partial charge in [0.25, 0.3) is 0 Å². The van der Waals surface area contributed by atoms with Crippen LogP contribution >= 0.6 is 0 Å². The molecule has 0 saturated carbocycles. The topological polar surface area (TPSA) is 97.6 Å². The van der Waals surface area contributed by atoms with Gasteiger partial charge in [0, 0.05) is 13.0 Å². The molecule has 1 heterocycles. The second kappa shape index (κ2) is 7.80. The van der Waals surface area contributed by atoms with E-state index in [2.05, 4.69) is 10.0 Å². The molecule has 0 fully saturated rings. The first kappa shape index (κ1) is 17.0. The number of carbonyl (C=O) groups is 1. The molecule has 1 aromatic heterocycles. The van der Waals surface area contributed by atoms with Crippen molar-refractivity contribution < 1.29 is 22.4 Å². The van der Waals surface area contributed by atoms with E-state index in [1.54, 1.807) is 24.3 Å². The van der Waals surface area contributed by atoms with Gasteiger partial charge in [-0.15, -0.1) is 0 Å². The van der Waals surface area contributed by atoms with Crippen molar-refractivity contribution in [3.05, 3.63) is 48.4 Å². The molecular weight excluding hydrogens is 320 g/mol. The van der Waals surface area contributed by atoms with E-state index < -0.39 is 10.0 Å². The summed E-state index contributed by atoms with van der Waals surface area (Å²) in [7, 11) is -2.14. The number of benzene rings is 1. The maximum Gasteiger partial charge on any atom is 0.240 e. The molecule has 23 heavy (non-hydrogen) atoms. The average molecular weight is 338 g/mol. The van der Waals surface area contributed by atoms with Crippen molar-refractivity contribution in [2.75, 3.05) is 13.7 Å². The minimum Gasteiger partial charge on any atom is -0.497 e. The van der Waals surface area contributed by atoms with Gasteiger partial charge in [0.15, 0.2) is 0 Å². The summed E-state index contributed by atoms with van der Waals surface area (Å²) in [6.45, 7) is 0.287. The second-order valence-electron chi connectivity index (χ2n) is 4.68. The number of hydrogen-bond donors (Lipinski definition) is 2. The van der Waals surface area contributed by atoms with Crippen molar-refractivity contribution in [2.24, 2.45) is 0 Å². The maximum atomic E-state index is 12.1. The van der Waals surface area contributed by atoms with E-state index in [-0.39, 0.29) is 30.3 Å². The Labute approximate surface area is 134 Å². The van der Waals surface area contributed by atoms with Gasteiger partial charge >= 0.3 is 0 Å². The largest absolute Gasteiger partial charge is 0.497 e. The van der Waals surface area contributed by atoms with Gasteiger partial charge in [-0.2, -0.15) is 0 Å². The second-order valence-corrected chi connectivity index (χ2v) is 6.45. The van der Waals surface area contributed by atoms with Crippen molar-refractivity contribution >= 4 is 15.9 Å². The molecule has 0 spiro atoms. The number of nitrogens with one attached hydrogen (secondary N) is 2. The molecule has 0 unspecified atom stereocenters. The molecule has 1 amide bonds. The van der Waals surface area contributed by atoms with Crippen LogP contribution in [0.25, 0.3) is 0 Å². The van der Waals surface area contributed by atoms with Gasteiger partial charge in [-0.25, -0.2) is 13.1 Å². The fourth-order valence-electron chi connectivity index (χ4n) is 1.82. The summed E-state index contributed by atoms with van der Waals surface area (Å²) in [6, 6.07) is 9.47. The Bertz CT molecular complexity index is 724. The van der Waals surface area contributed by atoms with E-state index in [9.17, 15) is 13.2 Å². The lowest BCUT2D eigenvalue weighted by atomic mass is 10.3. The van der Waals surface area contributed by atoms with Crippen molar-refractivity contribution in [1.82, 2.24) is 10.0 Å². The summed E-state index contributed by atoms with van der Waals surface area (Å²) in [6.07, 6.45) is 1.56. The van der Waals surface area contributed by atoms with Crippen LogP contribution in [0.4, 0.5) is 0 Å². The Hall–Kier alpha value is -2.32. The SMILES string of the molecule is COc1ccc(S(=O)(=O)NCCC(=O)NCc2ccco2)cc1. The summed E-state index contributed by atoms with van der Waals surface area (Å²) in [4.78, 5) is 11.8. The number of carbonyl (C=O) groups excluding carboxylic acids is 1. The Kier molecular flexibility index (Phi) is 5.78. The van der Waals surface area contributed by atoms with Crippen LogP contribution in [0.2, 0.25) is 0 Å². The van der Waals surface area contributed by atoms with Crippen molar-refractivity contribution in [3.8, 4) is 5.75 Å². The third kappa shape index (κ3) is 5.11. The zero-order valence-electron chi connectivity index (χ0n) is 12.6. The van der Waals surface area contributed by atoms with Crippen molar-refractivity contribution in [2.45, 2.75) is 17.9 Å². The van der Waals surface area contributed by atoms with Gasteiger partial charge in [-0.3, -0.25) is 4.79 Å². The number of rotatable bonds is 8. The van der Waals surface area contributed by atoms with Gasteiger partial charge < -0.3 is 14.5 Å². The lowest BCUT2D eigenvalue weighted by Gasteiger charge is -2.08. The van der Waals surface area contributed by atoms with Crippen LogP contribution in [-0.4, -0.2) is 28.0 Å². The molecule has 2 N–H and O–H groups in total. The summed E-state index contributed by atoms with van der Waals surface area (Å²) in [5, 5.41) is 2.64. The summed E-state index contributed by atoms with van der Waals surface area (Å²) < 4.78 is 36.6. The van der Waals surface area contributed by atoms with Crippen molar-refractivity contribution in [1.29, 1.82) is 0 Å². The van der Waals surface area contributed by atoms with Crippen LogP contribution in [0.15, 0.2) is 52.0 Å². The van der Waals surface area contributed by atoms with Gasteiger partial charge in [-0.1, -0.05) is 0 Å². The zero-order valence-corrected chi connectivity index (χ0v) is 13.4. The third-order valence-electron chi connectivity index (χ3n) is 3.05. The van der Waals surface area contributed by atoms with Crippen LogP contribution in [0.1, 0.15) is 12.2 Å². The van der Waals surface area contributed by atoms with Gasteiger partial charge in [0.05, 0.1) is 24.8 Å². The molecule has 0 radical (unpaired) electrons. The monoisotopic (exact) mass is 338 g/mol. The molecule has 1 aromatic carbocycles. The lowest BCUT2D eigenvalue weighted by molar-refractivity contribution is -0.121. The molecule has 124 valence electrons. The van der Waals surface area contributed by atoms with Gasteiger partial charge in [-0.05, 0) is 36.4 Å². The van der Waals surface area contributed by atoms with Crippen LogP contribution in [0.5, 0.6) is 5.75 Å². The first-order valence-electron chi connectivity index (χ1n) is 6.94. The van der Waals surface area contributed by atoms with Crippen LogP contribution < -0.4 is 14.8 Å². The van der Waals surface area contributed by atoms with Crippen LogP contribution in [-0.2, 0) is 21.4 Å². The van der Waals surface area contributed by atoms with E-state index in [1.165, 1.54) is 25.5 Å². The molecule has 2 rings (SSSR count). The quantitative estimate of drug-likeness (QED) is 0.755. The van der Waals surface area contributed by atoms with E-state index in [0.29, 0.717) is 11.5 Å². The summed E-state index contributed by atoms with van der Waals surface area (Å²) in [5.74, 6) is 0.942. The van der Waals surface area contributed by atoms with E-state index in [1.807, 2.05) is 0 Å². The number of amides is 1. The maximum absolute atomic E-state index is 12.1.